The third-order valence-electron chi connectivity index (χ3n) is 2.34. The number of carbonyl (C=O) groups excluding carboxylic acids is 1. The monoisotopic (exact) mass is 188 g/mol. The van der Waals surface area contributed by atoms with Gasteiger partial charge in [-0.2, -0.15) is 0 Å². The topological polar surface area (TPSA) is 26.3 Å². The Labute approximate surface area is 83.2 Å². The van der Waals surface area contributed by atoms with E-state index in [1.165, 1.54) is 0 Å². The Morgan fingerprint density at radius 3 is 3.00 bits per heavy atom. The maximum Gasteiger partial charge on any atom is 0.174 e. The van der Waals surface area contributed by atoms with Gasteiger partial charge in [-0.1, -0.05) is 24.3 Å². The molecule has 2 heteroatoms. The number of ether oxygens (including phenoxy) is 1. The number of hydrogen-bond donors (Lipinski definition) is 0. The van der Waals surface area contributed by atoms with Gasteiger partial charge in [0.15, 0.2) is 5.78 Å². The molecule has 0 spiro atoms. The van der Waals surface area contributed by atoms with Crippen LogP contribution in [0.15, 0.2) is 24.8 Å². The minimum Gasteiger partial charge on any atom is -0.486 e. The molecule has 2 rings (SSSR count). The van der Waals surface area contributed by atoms with Crippen LogP contribution in [0.1, 0.15) is 18.1 Å². The molecule has 0 saturated heterocycles. The molecule has 0 aromatic heterocycles. The summed E-state index contributed by atoms with van der Waals surface area (Å²) in [4.78, 5) is 11.1. The standard InChI is InChI=1S/C12H12O2/c1-8(2)9-3-4-10-5-11(13)7-14-12(10)6-9/h3-4,6H,1,5,7H2,2H3. The van der Waals surface area contributed by atoms with E-state index in [1.807, 2.05) is 25.1 Å². The Morgan fingerprint density at radius 2 is 2.29 bits per heavy atom. The first-order valence-corrected chi connectivity index (χ1v) is 4.60. The van der Waals surface area contributed by atoms with Crippen LogP contribution < -0.4 is 4.74 Å². The van der Waals surface area contributed by atoms with E-state index in [9.17, 15) is 4.79 Å². The van der Waals surface area contributed by atoms with Crippen LogP contribution in [0.3, 0.4) is 0 Å². The van der Waals surface area contributed by atoms with E-state index in [1.54, 1.807) is 0 Å². The van der Waals surface area contributed by atoms with Crippen molar-refractivity contribution in [2.45, 2.75) is 13.3 Å². The summed E-state index contributed by atoms with van der Waals surface area (Å²) in [7, 11) is 0. The zero-order valence-corrected chi connectivity index (χ0v) is 8.17. The summed E-state index contributed by atoms with van der Waals surface area (Å²) in [6, 6.07) is 5.86. The predicted octanol–water partition coefficient (Wildman–Crippen LogP) is 2.22. The van der Waals surface area contributed by atoms with E-state index >= 15 is 0 Å². The van der Waals surface area contributed by atoms with Crippen LogP contribution >= 0.6 is 0 Å². The van der Waals surface area contributed by atoms with E-state index < -0.39 is 0 Å². The van der Waals surface area contributed by atoms with Crippen LogP contribution in [-0.4, -0.2) is 12.4 Å². The fraction of sp³-hybridized carbons (Fsp3) is 0.250. The number of carbonyl (C=O) groups is 1. The van der Waals surface area contributed by atoms with Crippen molar-refractivity contribution in [1.29, 1.82) is 0 Å². The molecule has 1 aliphatic rings. The lowest BCUT2D eigenvalue weighted by Gasteiger charge is -2.17. The average molecular weight is 188 g/mol. The van der Waals surface area contributed by atoms with Gasteiger partial charge in [-0.05, 0) is 18.6 Å². The molecule has 1 aromatic rings. The summed E-state index contributed by atoms with van der Waals surface area (Å²) in [5.41, 5.74) is 3.05. The summed E-state index contributed by atoms with van der Waals surface area (Å²) in [6.07, 6.45) is 0.492. The maximum atomic E-state index is 11.1. The summed E-state index contributed by atoms with van der Waals surface area (Å²) in [5.74, 6) is 0.964. The Balaban J connectivity index is 2.41. The van der Waals surface area contributed by atoms with Crippen molar-refractivity contribution in [2.75, 3.05) is 6.61 Å². The van der Waals surface area contributed by atoms with E-state index in [4.69, 9.17) is 4.74 Å². The minimum absolute atomic E-state index is 0.139. The second kappa shape index (κ2) is 3.29. The van der Waals surface area contributed by atoms with Gasteiger partial charge in [0.2, 0.25) is 0 Å². The Bertz CT molecular complexity index is 405. The van der Waals surface area contributed by atoms with Crippen molar-refractivity contribution in [3.8, 4) is 5.75 Å². The van der Waals surface area contributed by atoms with Crippen LogP contribution in [0, 0.1) is 0 Å². The number of Topliss-reactive ketones (excluding diaryl/α,β-unsaturated/α-hetero) is 1. The molecular weight excluding hydrogens is 176 g/mol. The summed E-state index contributed by atoms with van der Waals surface area (Å²) >= 11 is 0. The minimum atomic E-state index is 0.139. The summed E-state index contributed by atoms with van der Waals surface area (Å²) in [6.45, 7) is 6.02. The Kier molecular flexibility index (Phi) is 2.12. The first-order valence-electron chi connectivity index (χ1n) is 4.60. The smallest absolute Gasteiger partial charge is 0.174 e. The molecule has 0 amide bonds. The number of rotatable bonds is 1. The van der Waals surface area contributed by atoms with Gasteiger partial charge in [-0.25, -0.2) is 0 Å². The molecule has 0 aliphatic carbocycles. The van der Waals surface area contributed by atoms with Gasteiger partial charge in [0, 0.05) is 12.0 Å². The van der Waals surface area contributed by atoms with E-state index in [-0.39, 0.29) is 12.4 Å². The SMILES string of the molecule is C=C(C)c1ccc2c(c1)OCC(=O)C2. The highest BCUT2D eigenvalue weighted by Gasteiger charge is 2.16. The molecule has 0 N–H and O–H groups in total. The van der Waals surface area contributed by atoms with E-state index in [0.29, 0.717) is 6.42 Å². The van der Waals surface area contributed by atoms with Gasteiger partial charge in [0.05, 0.1) is 0 Å². The first kappa shape index (κ1) is 9.00. The number of ketones is 1. The highest BCUT2D eigenvalue weighted by molar-refractivity contribution is 5.84. The Hall–Kier alpha value is -1.57. The van der Waals surface area contributed by atoms with Crippen molar-refractivity contribution in [3.05, 3.63) is 35.9 Å². The summed E-state index contributed by atoms with van der Waals surface area (Å²) < 4.78 is 5.34. The van der Waals surface area contributed by atoms with Crippen molar-refractivity contribution >= 4 is 11.4 Å². The van der Waals surface area contributed by atoms with Crippen molar-refractivity contribution in [2.24, 2.45) is 0 Å². The lowest BCUT2D eigenvalue weighted by Crippen LogP contribution is -2.20. The molecule has 1 heterocycles. The highest BCUT2D eigenvalue weighted by atomic mass is 16.5. The third-order valence-corrected chi connectivity index (χ3v) is 2.34. The summed E-state index contributed by atoms with van der Waals surface area (Å²) in [5, 5.41) is 0. The molecule has 14 heavy (non-hydrogen) atoms. The lowest BCUT2D eigenvalue weighted by molar-refractivity contribution is -0.121. The molecule has 72 valence electrons. The quantitative estimate of drug-likeness (QED) is 0.675. The van der Waals surface area contributed by atoms with Crippen molar-refractivity contribution < 1.29 is 9.53 Å². The van der Waals surface area contributed by atoms with Crippen molar-refractivity contribution in [3.63, 3.8) is 0 Å². The van der Waals surface area contributed by atoms with E-state index in [0.717, 1.165) is 22.4 Å². The van der Waals surface area contributed by atoms with Crippen LogP contribution in [0.4, 0.5) is 0 Å². The molecule has 0 fully saturated rings. The largest absolute Gasteiger partial charge is 0.486 e. The Morgan fingerprint density at radius 1 is 1.50 bits per heavy atom. The average Bonchev–Trinajstić information content (AvgIpc) is 2.16. The highest BCUT2D eigenvalue weighted by Crippen LogP contribution is 2.26. The molecule has 1 aromatic carbocycles. The molecule has 0 unspecified atom stereocenters. The van der Waals surface area contributed by atoms with Crippen LogP contribution in [-0.2, 0) is 11.2 Å². The fourth-order valence-electron chi connectivity index (χ4n) is 1.52. The molecule has 0 saturated carbocycles. The molecule has 2 nitrogen and oxygen atoms in total. The van der Waals surface area contributed by atoms with Crippen LogP contribution in [0.2, 0.25) is 0 Å². The number of fused-ring (bicyclic) bond motifs is 1. The van der Waals surface area contributed by atoms with Gasteiger partial charge in [0.25, 0.3) is 0 Å². The van der Waals surface area contributed by atoms with E-state index in [2.05, 4.69) is 6.58 Å². The van der Waals surface area contributed by atoms with Gasteiger partial charge < -0.3 is 4.74 Å². The zero-order valence-electron chi connectivity index (χ0n) is 8.17. The normalized spacial score (nSPS) is 14.5. The lowest BCUT2D eigenvalue weighted by atomic mass is 10.0. The number of hydrogen-bond acceptors (Lipinski definition) is 2. The second-order valence-electron chi connectivity index (χ2n) is 3.61. The van der Waals surface area contributed by atoms with Gasteiger partial charge in [-0.15, -0.1) is 0 Å². The van der Waals surface area contributed by atoms with Crippen LogP contribution in [0.5, 0.6) is 5.75 Å². The second-order valence-corrected chi connectivity index (χ2v) is 3.61. The van der Waals surface area contributed by atoms with Gasteiger partial charge in [0.1, 0.15) is 12.4 Å². The molecular formula is C12H12O2. The molecule has 1 aliphatic heterocycles. The van der Waals surface area contributed by atoms with Gasteiger partial charge >= 0.3 is 0 Å². The maximum absolute atomic E-state index is 11.1. The molecule has 0 radical (unpaired) electrons. The molecule has 0 atom stereocenters. The van der Waals surface area contributed by atoms with Crippen LogP contribution in [0.25, 0.3) is 5.57 Å². The fourth-order valence-corrected chi connectivity index (χ4v) is 1.52. The van der Waals surface area contributed by atoms with Gasteiger partial charge in [-0.3, -0.25) is 4.79 Å². The predicted molar refractivity (Wildman–Crippen MR) is 55.4 cm³/mol. The van der Waals surface area contributed by atoms with Crippen molar-refractivity contribution in [1.82, 2.24) is 0 Å². The molecule has 0 bridgehead atoms. The number of allylic oxidation sites excluding steroid dienone is 1. The zero-order chi connectivity index (χ0) is 10.1. The first-order chi connectivity index (χ1) is 6.66. The third kappa shape index (κ3) is 1.55. The number of benzene rings is 1.